The van der Waals surface area contributed by atoms with Crippen molar-refractivity contribution >= 4 is 40.5 Å². The predicted octanol–water partition coefficient (Wildman–Crippen LogP) is 7.31. The number of imidazole rings is 1. The molecule has 9 heteroatoms. The third-order valence-corrected chi connectivity index (χ3v) is 7.26. The maximum absolute atomic E-state index is 13.3. The molecule has 0 saturated heterocycles. The van der Waals surface area contributed by atoms with Gasteiger partial charge in [0.15, 0.2) is 0 Å². The zero-order valence-electron chi connectivity index (χ0n) is 23.0. The normalized spacial score (nSPS) is 11.7. The summed E-state index contributed by atoms with van der Waals surface area (Å²) >= 11 is 6.37. The number of fused-ring (bicyclic) bond motifs is 1. The average Bonchev–Trinajstić information content (AvgIpc) is 3.43. The molecule has 3 N–H and O–H groups in total. The summed E-state index contributed by atoms with van der Waals surface area (Å²) in [5.41, 5.74) is 4.24. The summed E-state index contributed by atoms with van der Waals surface area (Å²) < 4.78 is 4.81. The smallest absolute Gasteiger partial charge is 0.337 e. The number of aromatic nitrogens is 2. The number of carboxylic acid groups (broad SMARTS) is 1. The van der Waals surface area contributed by atoms with Crippen molar-refractivity contribution in [1.29, 1.82) is 0 Å². The molecule has 0 aliphatic rings. The number of methoxy groups -OCH3 is 1. The first-order valence-corrected chi connectivity index (χ1v) is 13.8. The molecule has 1 amide bonds. The average molecular weight is 582 g/mol. The number of carbonyl (C=O) groups excluding carboxylic acids is 2. The molecule has 4 aromatic carbocycles. The first-order valence-electron chi connectivity index (χ1n) is 13.4. The van der Waals surface area contributed by atoms with Gasteiger partial charge in [-0.2, -0.15) is 0 Å². The Balaban J connectivity index is 1.54. The molecular formula is C33H28ClN3O5. The highest BCUT2D eigenvalue weighted by Gasteiger charge is 2.22. The van der Waals surface area contributed by atoms with Crippen LogP contribution < -0.4 is 5.32 Å². The van der Waals surface area contributed by atoms with Crippen LogP contribution in [-0.2, 0) is 4.74 Å². The highest BCUT2D eigenvalue weighted by Crippen LogP contribution is 2.36. The number of H-pyrrole nitrogens is 1. The van der Waals surface area contributed by atoms with E-state index in [1.54, 1.807) is 48.5 Å². The molecule has 1 aromatic heterocycles. The van der Waals surface area contributed by atoms with E-state index in [2.05, 4.69) is 15.3 Å². The van der Waals surface area contributed by atoms with Crippen LogP contribution in [0.15, 0.2) is 84.9 Å². The molecule has 1 atom stereocenters. The number of amides is 1. The van der Waals surface area contributed by atoms with E-state index in [1.165, 1.54) is 13.2 Å². The van der Waals surface area contributed by atoms with Crippen LogP contribution in [0.3, 0.4) is 0 Å². The summed E-state index contributed by atoms with van der Waals surface area (Å²) in [6, 6.07) is 24.2. The lowest BCUT2D eigenvalue weighted by atomic mass is 9.93. The molecule has 0 aliphatic carbocycles. The summed E-state index contributed by atoms with van der Waals surface area (Å²) in [5, 5.41) is 13.7. The molecule has 0 bridgehead atoms. The number of hydrogen-bond acceptors (Lipinski definition) is 5. The van der Waals surface area contributed by atoms with Gasteiger partial charge in [-0.25, -0.2) is 14.6 Å². The number of nitrogens with one attached hydrogen (secondary N) is 2. The number of esters is 1. The molecule has 42 heavy (non-hydrogen) atoms. The Bertz CT molecular complexity index is 1800. The van der Waals surface area contributed by atoms with Gasteiger partial charge in [-0.3, -0.25) is 4.79 Å². The van der Waals surface area contributed by atoms with Crippen LogP contribution in [0.1, 0.15) is 62.4 Å². The fourth-order valence-corrected chi connectivity index (χ4v) is 5.13. The summed E-state index contributed by atoms with van der Waals surface area (Å²) in [5.74, 6) is -1.57. The lowest BCUT2D eigenvalue weighted by Crippen LogP contribution is -2.28. The molecular weight excluding hydrogens is 554 g/mol. The molecule has 0 radical (unpaired) electrons. The SMILES string of the molecule is CCC[C@@H](NC(=O)c1ccc(-c2cc(Cl)ccc2-c2nc3cc(C(=O)OC)ccc3[nH]2)c(C(=O)O)c1)c1ccccc1. The van der Waals surface area contributed by atoms with Crippen molar-refractivity contribution in [3.05, 3.63) is 112 Å². The van der Waals surface area contributed by atoms with Gasteiger partial charge >= 0.3 is 11.9 Å². The van der Waals surface area contributed by atoms with Crippen LogP contribution >= 0.6 is 11.6 Å². The van der Waals surface area contributed by atoms with Gasteiger partial charge in [0.25, 0.3) is 5.91 Å². The van der Waals surface area contributed by atoms with Crippen molar-refractivity contribution in [1.82, 2.24) is 15.3 Å². The van der Waals surface area contributed by atoms with Crippen LogP contribution in [-0.4, -0.2) is 40.0 Å². The second-order valence-electron chi connectivity index (χ2n) is 9.79. The van der Waals surface area contributed by atoms with Crippen molar-refractivity contribution in [2.24, 2.45) is 0 Å². The van der Waals surface area contributed by atoms with E-state index >= 15 is 0 Å². The largest absolute Gasteiger partial charge is 0.478 e. The topological polar surface area (TPSA) is 121 Å². The molecule has 0 aliphatic heterocycles. The van der Waals surface area contributed by atoms with Gasteiger partial charge in [0.1, 0.15) is 5.82 Å². The fraction of sp³-hybridized carbons (Fsp3) is 0.152. The quantitative estimate of drug-likeness (QED) is 0.157. The van der Waals surface area contributed by atoms with Crippen LogP contribution in [0.5, 0.6) is 0 Å². The Morgan fingerprint density at radius 2 is 1.67 bits per heavy atom. The number of halogens is 1. The van der Waals surface area contributed by atoms with E-state index in [0.717, 1.165) is 18.4 Å². The molecule has 8 nitrogen and oxygen atoms in total. The molecule has 5 aromatic rings. The highest BCUT2D eigenvalue weighted by atomic mass is 35.5. The molecule has 0 spiro atoms. The first-order chi connectivity index (χ1) is 20.3. The lowest BCUT2D eigenvalue weighted by molar-refractivity contribution is 0.0599. The van der Waals surface area contributed by atoms with Gasteiger partial charge in [-0.15, -0.1) is 0 Å². The monoisotopic (exact) mass is 581 g/mol. The summed E-state index contributed by atoms with van der Waals surface area (Å²) in [6.07, 6.45) is 1.60. The summed E-state index contributed by atoms with van der Waals surface area (Å²) in [7, 11) is 1.31. The van der Waals surface area contributed by atoms with E-state index in [4.69, 9.17) is 16.3 Å². The van der Waals surface area contributed by atoms with E-state index in [-0.39, 0.29) is 23.1 Å². The number of aromatic carboxylic acids is 1. The van der Waals surface area contributed by atoms with E-state index in [0.29, 0.717) is 44.1 Å². The second-order valence-corrected chi connectivity index (χ2v) is 10.2. The number of carboxylic acids is 1. The number of hydrogen-bond donors (Lipinski definition) is 3. The number of aromatic amines is 1. The Labute approximate surface area is 247 Å². The van der Waals surface area contributed by atoms with E-state index < -0.39 is 11.9 Å². The maximum Gasteiger partial charge on any atom is 0.337 e. The fourth-order valence-electron chi connectivity index (χ4n) is 4.96. The second kappa shape index (κ2) is 12.3. The number of carbonyl (C=O) groups is 3. The van der Waals surface area contributed by atoms with Crippen LogP contribution in [0.25, 0.3) is 33.5 Å². The van der Waals surface area contributed by atoms with Gasteiger partial charge in [0.2, 0.25) is 0 Å². The maximum atomic E-state index is 13.3. The molecule has 5 rings (SSSR count). The molecule has 212 valence electrons. The number of benzene rings is 4. The Hall–Kier alpha value is -4.95. The van der Waals surface area contributed by atoms with Crippen molar-refractivity contribution in [3.63, 3.8) is 0 Å². The van der Waals surface area contributed by atoms with Crippen molar-refractivity contribution in [2.45, 2.75) is 25.8 Å². The number of rotatable bonds is 9. The Morgan fingerprint density at radius 1 is 0.929 bits per heavy atom. The standard InChI is InChI=1S/C33H28ClN3O5/c1-3-7-27(19-8-5-4-6-9-19)37-31(38)20-10-13-23(26(16-20)32(39)40)25-18-22(34)12-14-24(25)30-35-28-15-11-21(33(41)42-2)17-29(28)36-30/h4-6,8-18,27H,3,7H2,1-2H3,(H,35,36)(H,37,38)(H,39,40)/t27-/m1/s1. The predicted molar refractivity (Wildman–Crippen MR) is 162 cm³/mol. The number of ether oxygens (including phenoxy) is 1. The number of nitrogens with zero attached hydrogens (tertiary/aromatic N) is 1. The van der Waals surface area contributed by atoms with Crippen LogP contribution in [0.4, 0.5) is 0 Å². The molecule has 0 saturated carbocycles. The third kappa shape index (κ3) is 5.89. The molecule has 0 fully saturated rings. The van der Waals surface area contributed by atoms with Gasteiger partial charge in [0.05, 0.1) is 35.3 Å². The minimum Gasteiger partial charge on any atom is -0.478 e. The molecule has 1 heterocycles. The highest BCUT2D eigenvalue weighted by molar-refractivity contribution is 6.31. The van der Waals surface area contributed by atoms with Gasteiger partial charge in [-0.1, -0.05) is 61.3 Å². The minimum absolute atomic E-state index is 0.0537. The third-order valence-electron chi connectivity index (χ3n) is 7.03. The summed E-state index contributed by atoms with van der Waals surface area (Å²) in [4.78, 5) is 45.7. The van der Waals surface area contributed by atoms with Gasteiger partial charge in [-0.05, 0) is 71.6 Å². The van der Waals surface area contributed by atoms with E-state index in [9.17, 15) is 19.5 Å². The lowest BCUT2D eigenvalue weighted by Gasteiger charge is -2.19. The zero-order valence-corrected chi connectivity index (χ0v) is 23.7. The van der Waals surface area contributed by atoms with Crippen molar-refractivity contribution < 1.29 is 24.2 Å². The van der Waals surface area contributed by atoms with Crippen molar-refractivity contribution in [3.8, 4) is 22.5 Å². The summed E-state index contributed by atoms with van der Waals surface area (Å²) in [6.45, 7) is 2.04. The minimum atomic E-state index is -1.19. The Morgan fingerprint density at radius 3 is 2.38 bits per heavy atom. The Kier molecular flexibility index (Phi) is 8.36. The van der Waals surface area contributed by atoms with E-state index in [1.807, 2.05) is 37.3 Å². The molecule has 0 unspecified atom stereocenters. The van der Waals surface area contributed by atoms with Gasteiger partial charge < -0.3 is 20.1 Å². The van der Waals surface area contributed by atoms with Crippen molar-refractivity contribution in [2.75, 3.05) is 7.11 Å². The zero-order chi connectivity index (χ0) is 29.8. The van der Waals surface area contributed by atoms with Crippen LogP contribution in [0, 0.1) is 0 Å². The first kappa shape index (κ1) is 28.6. The van der Waals surface area contributed by atoms with Gasteiger partial charge in [0, 0.05) is 16.1 Å². The van der Waals surface area contributed by atoms with Crippen LogP contribution in [0.2, 0.25) is 5.02 Å².